The van der Waals surface area contributed by atoms with Gasteiger partial charge in [0.05, 0.1) is 32.9 Å². The number of ether oxygens (including phenoxy) is 1. The number of β-lactam (4-membered cyclic amide) rings is 1. The zero-order chi connectivity index (χ0) is 24.4. The van der Waals surface area contributed by atoms with Crippen LogP contribution in [0.15, 0.2) is 65.3 Å². The number of halogens is 1. The van der Waals surface area contributed by atoms with E-state index in [-0.39, 0.29) is 35.2 Å². The van der Waals surface area contributed by atoms with Crippen LogP contribution in [0, 0.1) is 10.1 Å². The molecule has 0 aliphatic carbocycles. The fourth-order valence-electron chi connectivity index (χ4n) is 3.66. The molecule has 0 radical (unpaired) electrons. The van der Waals surface area contributed by atoms with Crippen molar-refractivity contribution in [1.82, 2.24) is 10.2 Å². The van der Waals surface area contributed by atoms with Gasteiger partial charge in [-0.25, -0.2) is 4.79 Å². The average molecular weight is 504 g/mol. The summed E-state index contributed by atoms with van der Waals surface area (Å²) in [5, 5.41) is 12.3. The van der Waals surface area contributed by atoms with Crippen LogP contribution in [0.5, 0.6) is 0 Å². The number of carbonyl (C=O) groups excluding carboxylic acids is 3. The summed E-state index contributed by atoms with van der Waals surface area (Å²) < 4.78 is 17.9. The molecule has 2 aliphatic heterocycles. The molecule has 2 aromatic carbocycles. The number of benzene rings is 2. The molecule has 3 atom stereocenters. The van der Waals surface area contributed by atoms with Gasteiger partial charge in [0.25, 0.3) is 11.6 Å². The molecular formula is C22H18ClN3O7S. The van der Waals surface area contributed by atoms with Crippen molar-refractivity contribution in [2.24, 2.45) is 0 Å². The van der Waals surface area contributed by atoms with E-state index in [4.69, 9.17) is 16.3 Å². The van der Waals surface area contributed by atoms with Crippen molar-refractivity contribution in [3.05, 3.63) is 86.6 Å². The SMILES string of the molecule is O=C(Cc1ccccc1)N[C@@H]1C(=O)N2C(C(=O)OCc3ccc([N+](=O)[O-])cc3)=C(Cl)CS(=O)[C@H]12. The first-order chi connectivity index (χ1) is 16.3. The highest BCUT2D eigenvalue weighted by atomic mass is 35.5. The number of non-ortho nitro benzene ring substituents is 1. The van der Waals surface area contributed by atoms with Gasteiger partial charge in [-0.2, -0.15) is 0 Å². The van der Waals surface area contributed by atoms with Gasteiger partial charge in [-0.1, -0.05) is 41.9 Å². The molecule has 2 aromatic rings. The molecule has 0 aromatic heterocycles. The third kappa shape index (κ3) is 4.70. The Labute approximate surface area is 201 Å². The van der Waals surface area contributed by atoms with Crippen LogP contribution in [0.3, 0.4) is 0 Å². The van der Waals surface area contributed by atoms with E-state index >= 15 is 0 Å². The van der Waals surface area contributed by atoms with E-state index in [1.807, 2.05) is 6.07 Å². The Bertz CT molecular complexity index is 1220. The van der Waals surface area contributed by atoms with Crippen LogP contribution in [0.1, 0.15) is 11.1 Å². The fraction of sp³-hybridized carbons (Fsp3) is 0.227. The molecule has 0 bridgehead atoms. The summed E-state index contributed by atoms with van der Waals surface area (Å²) in [6.07, 6.45) is 0.0463. The van der Waals surface area contributed by atoms with Gasteiger partial charge < -0.3 is 10.1 Å². The van der Waals surface area contributed by atoms with Gasteiger partial charge in [-0.15, -0.1) is 0 Å². The van der Waals surface area contributed by atoms with Crippen molar-refractivity contribution < 1.29 is 28.3 Å². The minimum absolute atomic E-state index is 0.0463. The molecule has 12 heteroatoms. The van der Waals surface area contributed by atoms with Gasteiger partial charge in [-0.3, -0.25) is 28.8 Å². The predicted octanol–water partition coefficient (Wildman–Crippen LogP) is 1.75. The maximum Gasteiger partial charge on any atom is 0.356 e. The number of nitro groups is 1. The van der Waals surface area contributed by atoms with E-state index in [0.29, 0.717) is 5.56 Å². The third-order valence-electron chi connectivity index (χ3n) is 5.31. The molecule has 0 saturated carbocycles. The molecule has 176 valence electrons. The maximum atomic E-state index is 12.8. The highest BCUT2D eigenvalue weighted by Gasteiger charge is 2.57. The van der Waals surface area contributed by atoms with Gasteiger partial charge in [0.1, 0.15) is 23.7 Å². The first-order valence-corrected chi connectivity index (χ1v) is 11.8. The summed E-state index contributed by atoms with van der Waals surface area (Å²) in [4.78, 5) is 49.1. The number of nitrogens with zero attached hydrogens (tertiary/aromatic N) is 2. The van der Waals surface area contributed by atoms with Gasteiger partial charge in [0, 0.05) is 12.1 Å². The molecule has 10 nitrogen and oxygen atoms in total. The van der Waals surface area contributed by atoms with Gasteiger partial charge in [0.15, 0.2) is 0 Å². The maximum absolute atomic E-state index is 12.8. The minimum atomic E-state index is -1.63. The number of fused-ring (bicyclic) bond motifs is 1. The Kier molecular flexibility index (Phi) is 6.75. The lowest BCUT2D eigenvalue weighted by Crippen LogP contribution is -2.73. The largest absolute Gasteiger partial charge is 0.456 e. The average Bonchev–Trinajstić information content (AvgIpc) is 2.81. The molecule has 4 rings (SSSR count). The Balaban J connectivity index is 1.42. The van der Waals surface area contributed by atoms with E-state index in [2.05, 4.69) is 5.32 Å². The molecule has 1 N–H and O–H groups in total. The normalized spacial score (nSPS) is 21.4. The molecule has 1 saturated heterocycles. The standard InChI is InChI=1S/C22H18ClN3O7S/c23-16-12-34(32)21-18(24-17(27)10-13-4-2-1-3-5-13)20(28)25(21)19(16)22(29)33-11-14-6-8-15(9-7-14)26(30)31/h1-9,18,21H,10-12H2,(H,24,27)/t18-,21-,34?/m1/s1. The molecular weight excluding hydrogens is 486 g/mol. The summed E-state index contributed by atoms with van der Waals surface area (Å²) >= 11 is 6.16. The van der Waals surface area contributed by atoms with Crippen molar-refractivity contribution in [2.45, 2.75) is 24.4 Å². The topological polar surface area (TPSA) is 136 Å². The lowest BCUT2D eigenvalue weighted by Gasteiger charge is -2.48. The summed E-state index contributed by atoms with van der Waals surface area (Å²) in [7, 11) is -1.63. The third-order valence-corrected chi connectivity index (χ3v) is 7.38. The van der Waals surface area contributed by atoms with E-state index in [9.17, 15) is 28.7 Å². The predicted molar refractivity (Wildman–Crippen MR) is 121 cm³/mol. The number of rotatable bonds is 7. The molecule has 34 heavy (non-hydrogen) atoms. The molecule has 2 heterocycles. The Morgan fingerprint density at radius 3 is 2.47 bits per heavy atom. The monoisotopic (exact) mass is 503 g/mol. The lowest BCUT2D eigenvalue weighted by molar-refractivity contribution is -0.384. The second kappa shape index (κ2) is 9.74. The Morgan fingerprint density at radius 2 is 1.82 bits per heavy atom. The lowest BCUT2D eigenvalue weighted by atomic mass is 10.0. The van der Waals surface area contributed by atoms with Crippen LogP contribution in [-0.2, 0) is 42.9 Å². The minimum Gasteiger partial charge on any atom is -0.456 e. The summed E-state index contributed by atoms with van der Waals surface area (Å²) in [5.41, 5.74) is 0.927. The molecule has 2 aliphatic rings. The van der Waals surface area contributed by atoms with Crippen molar-refractivity contribution in [3.8, 4) is 0 Å². The zero-order valence-corrected chi connectivity index (χ0v) is 19.1. The van der Waals surface area contributed by atoms with E-state index in [1.165, 1.54) is 24.3 Å². The number of carbonyl (C=O) groups is 3. The Hall–Kier alpha value is -3.57. The smallest absolute Gasteiger partial charge is 0.356 e. The summed E-state index contributed by atoms with van der Waals surface area (Å²) in [5.74, 6) is -2.08. The number of amides is 2. The van der Waals surface area contributed by atoms with E-state index in [1.54, 1.807) is 24.3 Å². The number of hydrogen-bond acceptors (Lipinski definition) is 7. The van der Waals surface area contributed by atoms with Crippen LogP contribution in [0.25, 0.3) is 0 Å². The van der Waals surface area contributed by atoms with Crippen LogP contribution in [0.4, 0.5) is 5.69 Å². The molecule has 0 spiro atoms. The van der Waals surface area contributed by atoms with Crippen LogP contribution < -0.4 is 5.32 Å². The quantitative estimate of drug-likeness (QED) is 0.263. The molecule has 2 amide bonds. The number of nitro benzene ring substituents is 1. The van der Waals surface area contributed by atoms with Crippen molar-refractivity contribution >= 4 is 45.9 Å². The number of hydrogen-bond donors (Lipinski definition) is 1. The highest BCUT2D eigenvalue weighted by Crippen LogP contribution is 2.36. The zero-order valence-electron chi connectivity index (χ0n) is 17.5. The van der Waals surface area contributed by atoms with E-state index < -0.39 is 44.9 Å². The van der Waals surface area contributed by atoms with Gasteiger partial charge in [-0.05, 0) is 23.3 Å². The van der Waals surface area contributed by atoms with Crippen molar-refractivity contribution in [1.29, 1.82) is 0 Å². The summed E-state index contributed by atoms with van der Waals surface area (Å²) in [6, 6.07) is 13.3. The van der Waals surface area contributed by atoms with Crippen molar-refractivity contribution in [2.75, 3.05) is 5.75 Å². The summed E-state index contributed by atoms with van der Waals surface area (Å²) in [6.45, 7) is -0.211. The second-order valence-corrected chi connectivity index (χ2v) is 9.57. The molecule has 1 fully saturated rings. The van der Waals surface area contributed by atoms with Crippen LogP contribution in [0.2, 0.25) is 0 Å². The van der Waals surface area contributed by atoms with Gasteiger partial charge >= 0.3 is 5.97 Å². The van der Waals surface area contributed by atoms with Crippen LogP contribution >= 0.6 is 11.6 Å². The molecule has 1 unspecified atom stereocenters. The highest BCUT2D eigenvalue weighted by molar-refractivity contribution is 7.86. The Morgan fingerprint density at radius 1 is 1.15 bits per heavy atom. The van der Waals surface area contributed by atoms with E-state index in [0.717, 1.165) is 10.5 Å². The first-order valence-electron chi connectivity index (χ1n) is 10.1. The first kappa shape index (κ1) is 23.6. The number of nitrogens with one attached hydrogen (secondary N) is 1. The fourth-order valence-corrected chi connectivity index (χ4v) is 5.64. The number of esters is 1. The second-order valence-electron chi connectivity index (χ2n) is 7.58. The van der Waals surface area contributed by atoms with Crippen LogP contribution in [-0.4, -0.2) is 49.0 Å². The van der Waals surface area contributed by atoms with Gasteiger partial charge in [0.2, 0.25) is 5.91 Å². The van der Waals surface area contributed by atoms with Crippen molar-refractivity contribution in [3.63, 3.8) is 0 Å².